The Bertz CT molecular complexity index is 467. The Morgan fingerprint density at radius 3 is 2.14 bits per heavy atom. The van der Waals surface area contributed by atoms with E-state index in [0.29, 0.717) is 0 Å². The fourth-order valence-corrected chi connectivity index (χ4v) is 1.73. The Morgan fingerprint density at radius 1 is 1.14 bits per heavy atom. The van der Waals surface area contributed by atoms with Gasteiger partial charge in [0.25, 0.3) is 0 Å². The summed E-state index contributed by atoms with van der Waals surface area (Å²) in [6, 6.07) is 6.69. The molecule has 0 saturated heterocycles. The van der Waals surface area contributed by atoms with E-state index in [1.54, 1.807) is 18.5 Å². The first-order chi connectivity index (χ1) is 10.2. The van der Waals surface area contributed by atoms with E-state index in [1.807, 2.05) is 58.5 Å². The zero-order valence-corrected chi connectivity index (χ0v) is 14.4. The SMILES string of the molecule is CC.CC.CC(c1cccc(F)c1)c1cncn1C.CN. The summed E-state index contributed by atoms with van der Waals surface area (Å²) in [4.78, 5) is 4.06. The average Bonchev–Trinajstić information content (AvgIpc) is 2.98. The van der Waals surface area contributed by atoms with Crippen LogP contribution in [-0.4, -0.2) is 16.6 Å². The Kier molecular flexibility index (Phi) is 13.7. The average molecular weight is 295 g/mol. The van der Waals surface area contributed by atoms with Crippen LogP contribution in [0.3, 0.4) is 0 Å². The predicted octanol–water partition coefficient (Wildman–Crippen LogP) is 4.34. The Morgan fingerprint density at radius 2 is 1.71 bits per heavy atom. The molecule has 1 heterocycles. The minimum absolute atomic E-state index is 0.160. The van der Waals surface area contributed by atoms with Gasteiger partial charge in [-0.15, -0.1) is 0 Å². The minimum Gasteiger partial charge on any atom is -0.337 e. The zero-order valence-electron chi connectivity index (χ0n) is 14.4. The summed E-state index contributed by atoms with van der Waals surface area (Å²) in [5, 5.41) is 0. The summed E-state index contributed by atoms with van der Waals surface area (Å²) in [6.07, 6.45) is 3.57. The molecule has 1 aromatic carbocycles. The number of imidazole rings is 1. The molecule has 1 unspecified atom stereocenters. The molecule has 2 aromatic rings. The van der Waals surface area contributed by atoms with Crippen molar-refractivity contribution in [1.29, 1.82) is 0 Å². The van der Waals surface area contributed by atoms with Crippen molar-refractivity contribution in [3.05, 3.63) is 53.9 Å². The minimum atomic E-state index is -0.193. The molecular weight excluding hydrogens is 265 g/mol. The Labute approximate surface area is 129 Å². The van der Waals surface area contributed by atoms with Crippen molar-refractivity contribution in [2.75, 3.05) is 7.05 Å². The molecule has 0 saturated carbocycles. The molecule has 3 nitrogen and oxygen atoms in total. The van der Waals surface area contributed by atoms with Crippen LogP contribution in [0.2, 0.25) is 0 Å². The van der Waals surface area contributed by atoms with Crippen LogP contribution in [-0.2, 0) is 7.05 Å². The van der Waals surface area contributed by atoms with Crippen molar-refractivity contribution < 1.29 is 4.39 Å². The standard InChI is InChI=1S/C12H13FN2.2C2H6.CH5N/c1-9(12-7-14-8-15(12)2)10-4-3-5-11(13)6-10;3*1-2/h3-9H,1-2H3;2*1-2H3;2H2,1H3. The van der Waals surface area contributed by atoms with E-state index in [1.165, 1.54) is 13.1 Å². The van der Waals surface area contributed by atoms with Gasteiger partial charge in [0.05, 0.1) is 6.33 Å². The van der Waals surface area contributed by atoms with Crippen molar-refractivity contribution in [3.8, 4) is 0 Å². The van der Waals surface area contributed by atoms with Gasteiger partial charge < -0.3 is 10.3 Å². The molecule has 0 aliphatic heterocycles. The normalized spacial score (nSPS) is 9.95. The maximum absolute atomic E-state index is 13.0. The molecule has 1 atom stereocenters. The van der Waals surface area contributed by atoms with Gasteiger partial charge in [-0.05, 0) is 24.7 Å². The molecule has 2 N–H and O–H groups in total. The summed E-state index contributed by atoms with van der Waals surface area (Å²) in [5.41, 5.74) is 6.55. The Hall–Kier alpha value is -1.68. The first-order valence-corrected chi connectivity index (χ1v) is 7.48. The predicted molar refractivity (Wildman–Crippen MR) is 89.9 cm³/mol. The van der Waals surface area contributed by atoms with Gasteiger partial charge in [-0.3, -0.25) is 0 Å². The van der Waals surface area contributed by atoms with Gasteiger partial charge >= 0.3 is 0 Å². The molecule has 0 fully saturated rings. The highest BCUT2D eigenvalue weighted by atomic mass is 19.1. The van der Waals surface area contributed by atoms with Crippen LogP contribution in [0.15, 0.2) is 36.8 Å². The summed E-state index contributed by atoms with van der Waals surface area (Å²) in [5.74, 6) is -0.0327. The molecule has 1 aromatic heterocycles. The number of benzene rings is 1. The van der Waals surface area contributed by atoms with Crippen LogP contribution in [0.1, 0.15) is 51.8 Å². The number of halogens is 1. The lowest BCUT2D eigenvalue weighted by Crippen LogP contribution is -2.02. The van der Waals surface area contributed by atoms with E-state index in [2.05, 4.69) is 10.7 Å². The quantitative estimate of drug-likeness (QED) is 0.895. The third-order valence-corrected chi connectivity index (χ3v) is 2.65. The number of rotatable bonds is 2. The first kappa shape index (κ1) is 21.6. The lowest BCUT2D eigenvalue weighted by molar-refractivity contribution is 0.623. The second-order valence-corrected chi connectivity index (χ2v) is 3.71. The van der Waals surface area contributed by atoms with E-state index < -0.39 is 0 Å². The second kappa shape index (κ2) is 13.3. The maximum Gasteiger partial charge on any atom is 0.123 e. The maximum atomic E-state index is 13.0. The van der Waals surface area contributed by atoms with Crippen LogP contribution in [0, 0.1) is 5.82 Å². The van der Waals surface area contributed by atoms with Gasteiger partial charge in [0, 0.05) is 24.9 Å². The second-order valence-electron chi connectivity index (χ2n) is 3.71. The molecular formula is C17H30FN3. The first-order valence-electron chi connectivity index (χ1n) is 7.48. The van der Waals surface area contributed by atoms with Crippen LogP contribution in [0.4, 0.5) is 4.39 Å². The summed E-state index contributed by atoms with van der Waals surface area (Å²) >= 11 is 0. The molecule has 0 amide bonds. The smallest absolute Gasteiger partial charge is 0.123 e. The van der Waals surface area contributed by atoms with Crippen molar-refractivity contribution >= 4 is 0 Å². The Balaban J connectivity index is 0. The van der Waals surface area contributed by atoms with Crippen molar-refractivity contribution in [1.82, 2.24) is 9.55 Å². The van der Waals surface area contributed by atoms with Crippen LogP contribution in [0.25, 0.3) is 0 Å². The van der Waals surface area contributed by atoms with Crippen molar-refractivity contribution in [2.24, 2.45) is 12.8 Å². The van der Waals surface area contributed by atoms with Crippen LogP contribution >= 0.6 is 0 Å². The van der Waals surface area contributed by atoms with Gasteiger partial charge in [0.2, 0.25) is 0 Å². The zero-order chi connectivity index (χ0) is 16.8. The van der Waals surface area contributed by atoms with Gasteiger partial charge in [0.15, 0.2) is 0 Å². The van der Waals surface area contributed by atoms with Gasteiger partial charge in [0.1, 0.15) is 5.82 Å². The van der Waals surface area contributed by atoms with Crippen molar-refractivity contribution in [3.63, 3.8) is 0 Å². The highest BCUT2D eigenvalue weighted by Gasteiger charge is 2.11. The fraction of sp³-hybridized carbons (Fsp3) is 0.471. The summed E-state index contributed by atoms with van der Waals surface area (Å²) in [7, 11) is 3.44. The van der Waals surface area contributed by atoms with E-state index in [0.717, 1.165) is 11.3 Å². The third kappa shape index (κ3) is 7.04. The monoisotopic (exact) mass is 295 g/mol. The molecule has 0 aliphatic rings. The van der Waals surface area contributed by atoms with E-state index >= 15 is 0 Å². The molecule has 21 heavy (non-hydrogen) atoms. The van der Waals surface area contributed by atoms with Gasteiger partial charge in [-0.1, -0.05) is 46.8 Å². The van der Waals surface area contributed by atoms with E-state index in [-0.39, 0.29) is 11.7 Å². The molecule has 0 radical (unpaired) electrons. The lowest BCUT2D eigenvalue weighted by atomic mass is 9.98. The molecule has 0 aliphatic carbocycles. The highest BCUT2D eigenvalue weighted by molar-refractivity contribution is 5.27. The highest BCUT2D eigenvalue weighted by Crippen LogP contribution is 2.23. The fourth-order valence-electron chi connectivity index (χ4n) is 1.73. The number of aryl methyl sites for hydroxylation is 1. The number of aromatic nitrogens is 2. The number of nitrogens with zero attached hydrogens (tertiary/aromatic N) is 2. The summed E-state index contributed by atoms with van der Waals surface area (Å²) < 4.78 is 15.0. The lowest BCUT2D eigenvalue weighted by Gasteiger charge is -2.12. The van der Waals surface area contributed by atoms with Crippen molar-refractivity contribution in [2.45, 2.75) is 40.5 Å². The molecule has 120 valence electrons. The van der Waals surface area contributed by atoms with Gasteiger partial charge in [-0.2, -0.15) is 0 Å². The largest absolute Gasteiger partial charge is 0.337 e. The number of nitrogens with two attached hydrogens (primary N) is 1. The van der Waals surface area contributed by atoms with Gasteiger partial charge in [-0.25, -0.2) is 9.37 Å². The van der Waals surface area contributed by atoms with Crippen LogP contribution < -0.4 is 5.73 Å². The molecule has 4 heteroatoms. The number of hydrogen-bond donors (Lipinski definition) is 1. The third-order valence-electron chi connectivity index (χ3n) is 2.65. The van der Waals surface area contributed by atoms with Crippen LogP contribution in [0.5, 0.6) is 0 Å². The van der Waals surface area contributed by atoms with E-state index in [9.17, 15) is 4.39 Å². The number of hydrogen-bond acceptors (Lipinski definition) is 2. The van der Waals surface area contributed by atoms with E-state index in [4.69, 9.17) is 0 Å². The molecule has 0 spiro atoms. The molecule has 2 rings (SSSR count). The topological polar surface area (TPSA) is 43.8 Å². The summed E-state index contributed by atoms with van der Waals surface area (Å²) in [6.45, 7) is 10.0. The molecule has 0 bridgehead atoms.